The number of hydrogen-bond donors (Lipinski definition) is 0. The molecule has 1 heterocycles. The second-order valence-corrected chi connectivity index (χ2v) is 9.55. The second kappa shape index (κ2) is 8.39. The Morgan fingerprint density at radius 2 is 1.88 bits per heavy atom. The number of rotatable bonds is 6. The molecule has 0 unspecified atom stereocenters. The minimum atomic E-state index is -0.471. The molecule has 8 nitrogen and oxygen atoms in total. The molecule has 10 heteroatoms. The summed E-state index contributed by atoms with van der Waals surface area (Å²) >= 11 is 9.61. The van der Waals surface area contributed by atoms with E-state index in [0.717, 1.165) is 11.4 Å². The zero-order valence-corrected chi connectivity index (χ0v) is 19.4. The Balaban J connectivity index is 1.38. The van der Waals surface area contributed by atoms with Crippen molar-refractivity contribution in [3.05, 3.63) is 79.3 Å². The van der Waals surface area contributed by atoms with E-state index < -0.39 is 4.92 Å². The quantitative estimate of drug-likeness (QED) is 0.177. The van der Waals surface area contributed by atoms with Gasteiger partial charge in [0.1, 0.15) is 12.4 Å². The van der Waals surface area contributed by atoms with Crippen LogP contribution in [0.3, 0.4) is 0 Å². The zero-order valence-electron chi connectivity index (χ0n) is 17.1. The van der Waals surface area contributed by atoms with Crippen molar-refractivity contribution in [2.45, 2.75) is 13.0 Å². The highest BCUT2D eigenvalue weighted by molar-refractivity contribution is 9.10. The summed E-state index contributed by atoms with van der Waals surface area (Å²) in [5.41, 5.74) is 1.03. The van der Waals surface area contributed by atoms with Gasteiger partial charge in [0, 0.05) is 22.7 Å². The highest BCUT2D eigenvalue weighted by atomic mass is 79.9. The molecule has 4 atom stereocenters. The summed E-state index contributed by atoms with van der Waals surface area (Å²) in [4.78, 5) is 36.3. The van der Waals surface area contributed by atoms with Crippen LogP contribution in [0.2, 0.25) is 5.02 Å². The van der Waals surface area contributed by atoms with Crippen LogP contribution in [0.15, 0.2) is 58.1 Å². The smallest absolute Gasteiger partial charge is 0.269 e. The number of hydrazone groups is 1. The molecule has 0 spiro atoms. The Hall–Kier alpha value is -3.04. The predicted molar refractivity (Wildman–Crippen MR) is 124 cm³/mol. The van der Waals surface area contributed by atoms with Gasteiger partial charge in [-0.2, -0.15) is 10.1 Å². The highest BCUT2D eigenvalue weighted by Gasteiger charge is 2.59. The Kier molecular flexibility index (Phi) is 5.54. The molecule has 2 amide bonds. The molecule has 5 rings (SSSR count). The number of ether oxygens (including phenoxy) is 1. The van der Waals surface area contributed by atoms with E-state index in [1.165, 1.54) is 18.3 Å². The number of carbonyl (C=O) groups excluding carboxylic acids is 2. The van der Waals surface area contributed by atoms with Crippen LogP contribution in [0.25, 0.3) is 0 Å². The number of non-ortho nitro benzene ring substituents is 1. The van der Waals surface area contributed by atoms with Crippen LogP contribution < -0.4 is 4.74 Å². The average Bonchev–Trinajstić information content (AvgIpc) is 3.46. The summed E-state index contributed by atoms with van der Waals surface area (Å²) in [7, 11) is 0. The van der Waals surface area contributed by atoms with Crippen LogP contribution >= 0.6 is 27.5 Å². The van der Waals surface area contributed by atoms with E-state index >= 15 is 0 Å². The largest absolute Gasteiger partial charge is 0.487 e. The van der Waals surface area contributed by atoms with Crippen molar-refractivity contribution < 1.29 is 19.2 Å². The lowest BCUT2D eigenvalue weighted by Gasteiger charge is -2.14. The molecule has 2 aromatic carbocycles. The topological polar surface area (TPSA) is 102 Å². The van der Waals surface area contributed by atoms with Gasteiger partial charge in [-0.15, -0.1) is 0 Å². The van der Waals surface area contributed by atoms with E-state index in [1.807, 2.05) is 12.2 Å². The predicted octanol–water partition coefficient (Wildman–Crippen LogP) is 4.73. The van der Waals surface area contributed by atoms with Crippen LogP contribution in [0.1, 0.15) is 17.5 Å². The molecule has 0 aromatic heterocycles. The fraction of sp³-hybridized carbons (Fsp3) is 0.261. The van der Waals surface area contributed by atoms with Gasteiger partial charge in [-0.25, -0.2) is 0 Å². The lowest BCUT2D eigenvalue weighted by atomic mass is 9.85. The first-order chi connectivity index (χ1) is 15.8. The summed E-state index contributed by atoms with van der Waals surface area (Å²) in [5, 5.41) is 16.6. The molecule has 0 N–H and O–H groups in total. The van der Waals surface area contributed by atoms with Gasteiger partial charge >= 0.3 is 0 Å². The summed E-state index contributed by atoms with van der Waals surface area (Å²) < 4.78 is 6.46. The molecule has 0 radical (unpaired) electrons. The molecule has 2 bridgehead atoms. The fourth-order valence-corrected chi connectivity index (χ4v) is 5.81. The number of amides is 2. The maximum absolute atomic E-state index is 12.9. The third kappa shape index (κ3) is 3.85. The summed E-state index contributed by atoms with van der Waals surface area (Å²) in [5.74, 6) is -0.635. The molecule has 2 fully saturated rings. The molecule has 168 valence electrons. The Morgan fingerprint density at radius 1 is 1.18 bits per heavy atom. The number of nitrogens with zero attached hydrogens (tertiary/aromatic N) is 3. The van der Waals surface area contributed by atoms with E-state index in [1.54, 1.807) is 24.3 Å². The van der Waals surface area contributed by atoms with E-state index in [0.29, 0.717) is 26.4 Å². The molecule has 3 aliphatic rings. The number of nitro groups is 1. The minimum absolute atomic E-state index is 0.0341. The number of fused-ring (bicyclic) bond motifs is 5. The van der Waals surface area contributed by atoms with Crippen LogP contribution in [0.5, 0.6) is 5.75 Å². The van der Waals surface area contributed by atoms with Gasteiger partial charge in [-0.05, 0) is 51.9 Å². The number of imide groups is 1. The molecule has 1 saturated heterocycles. The zero-order chi connectivity index (χ0) is 23.3. The molecule has 33 heavy (non-hydrogen) atoms. The standard InChI is InChI=1S/C23H17BrClN3O5/c24-18-9-16(25)8-15(21(18)33-11-12-2-1-3-17(6-12)28(31)32)10-26-27-22(29)19-13-4-5-14(7-13)20(19)23(27)30/h1-6,8-10,13-14,19-20H,7,11H2/t13-,14-,19-,20+/m0/s1. The summed E-state index contributed by atoms with van der Waals surface area (Å²) in [6.07, 6.45) is 6.28. The number of hydrogen-bond acceptors (Lipinski definition) is 6. The van der Waals surface area contributed by atoms with Crippen molar-refractivity contribution in [1.29, 1.82) is 0 Å². The summed E-state index contributed by atoms with van der Waals surface area (Å²) in [6.45, 7) is 0.0590. The van der Waals surface area contributed by atoms with Crippen molar-refractivity contribution >= 4 is 51.2 Å². The maximum atomic E-state index is 12.9. The van der Waals surface area contributed by atoms with E-state index in [-0.39, 0.29) is 47.8 Å². The van der Waals surface area contributed by atoms with Gasteiger partial charge in [0.05, 0.1) is 27.4 Å². The van der Waals surface area contributed by atoms with Gasteiger partial charge in [0.15, 0.2) is 0 Å². The van der Waals surface area contributed by atoms with E-state index in [9.17, 15) is 19.7 Å². The first-order valence-electron chi connectivity index (χ1n) is 10.3. The first-order valence-corrected chi connectivity index (χ1v) is 11.5. The highest BCUT2D eigenvalue weighted by Crippen LogP contribution is 2.52. The molecule has 2 aromatic rings. The normalized spacial score (nSPS) is 25.3. The maximum Gasteiger partial charge on any atom is 0.269 e. The third-order valence-corrected chi connectivity index (χ3v) is 7.11. The molecular formula is C23H17BrClN3O5. The van der Waals surface area contributed by atoms with Crippen molar-refractivity contribution in [1.82, 2.24) is 5.01 Å². The van der Waals surface area contributed by atoms with Gasteiger partial charge < -0.3 is 4.74 Å². The molecule has 1 saturated carbocycles. The SMILES string of the molecule is O=C1[C@@H]2[C@H](C(=O)N1N=Cc1cc(Cl)cc(Br)c1OCc1cccc([N+](=O)[O-])c1)[C@H]1C=C[C@H]2C1. The van der Waals surface area contributed by atoms with Crippen LogP contribution in [-0.2, 0) is 16.2 Å². The summed E-state index contributed by atoms with van der Waals surface area (Å²) in [6, 6.07) is 9.38. The Morgan fingerprint density at radius 3 is 2.55 bits per heavy atom. The van der Waals surface area contributed by atoms with Gasteiger partial charge in [0.2, 0.25) is 0 Å². The average molecular weight is 531 g/mol. The lowest BCUT2D eigenvalue weighted by Crippen LogP contribution is -2.28. The van der Waals surface area contributed by atoms with Crippen molar-refractivity contribution in [3.8, 4) is 5.75 Å². The molecule has 2 aliphatic carbocycles. The number of halogens is 2. The molecular weight excluding hydrogens is 514 g/mol. The van der Waals surface area contributed by atoms with Crippen LogP contribution in [-0.4, -0.2) is 28.0 Å². The van der Waals surface area contributed by atoms with E-state index in [4.69, 9.17) is 16.3 Å². The van der Waals surface area contributed by atoms with Crippen molar-refractivity contribution in [2.75, 3.05) is 0 Å². The van der Waals surface area contributed by atoms with E-state index in [2.05, 4.69) is 21.0 Å². The Labute approximate surface area is 202 Å². The van der Waals surface area contributed by atoms with Gasteiger partial charge in [0.25, 0.3) is 17.5 Å². The monoisotopic (exact) mass is 529 g/mol. The number of nitro benzene ring substituents is 1. The van der Waals surface area contributed by atoms with Crippen LogP contribution in [0.4, 0.5) is 5.69 Å². The third-order valence-electron chi connectivity index (χ3n) is 6.30. The molecule has 1 aliphatic heterocycles. The fourth-order valence-electron chi connectivity index (χ4n) is 4.86. The number of allylic oxidation sites excluding steroid dienone is 2. The van der Waals surface area contributed by atoms with Gasteiger partial charge in [-0.1, -0.05) is 35.9 Å². The van der Waals surface area contributed by atoms with Crippen molar-refractivity contribution in [2.24, 2.45) is 28.8 Å². The lowest BCUT2D eigenvalue weighted by molar-refractivity contribution is -0.384. The van der Waals surface area contributed by atoms with Gasteiger partial charge in [-0.3, -0.25) is 19.7 Å². The number of benzene rings is 2. The first kappa shape index (κ1) is 21.8. The minimum Gasteiger partial charge on any atom is -0.487 e. The van der Waals surface area contributed by atoms with Crippen molar-refractivity contribution in [3.63, 3.8) is 0 Å². The number of carbonyl (C=O) groups is 2. The van der Waals surface area contributed by atoms with Crippen LogP contribution in [0, 0.1) is 33.8 Å². The Bertz CT molecular complexity index is 1220. The second-order valence-electron chi connectivity index (χ2n) is 8.25.